The monoisotopic (exact) mass is 142 g/mol. The lowest BCUT2D eigenvalue weighted by atomic mass is 10.8. The fourth-order valence-corrected chi connectivity index (χ4v) is 0.204. The average Bonchev–Trinajstić information content (AvgIpc) is 1.41. The molecule has 0 bridgehead atoms. The zero-order chi connectivity index (χ0) is 4.12. The standard InChI is InChI=1S/C4H10O.B.3FH/c1-3-5-4-2;;;;/h3-4H2,1-2H3;;3*1H/p-3. The molecule has 0 aromatic heterocycles. The SMILES string of the molecule is CCOCC.[B].[F-].[F-].[F-]. The summed E-state index contributed by atoms with van der Waals surface area (Å²) < 4.78 is 4.83. The smallest absolute Gasteiger partial charge is 0.0437 e. The van der Waals surface area contributed by atoms with Crippen LogP contribution in [0.5, 0.6) is 0 Å². The molecule has 0 unspecified atom stereocenters. The third-order valence-electron chi connectivity index (χ3n) is 0.408. The molecule has 0 amide bonds. The van der Waals surface area contributed by atoms with E-state index in [4.69, 9.17) is 4.74 Å². The maximum absolute atomic E-state index is 4.83. The Hall–Kier alpha value is -0.185. The Labute approximate surface area is 55.5 Å². The van der Waals surface area contributed by atoms with Gasteiger partial charge in [0.2, 0.25) is 0 Å². The van der Waals surface area contributed by atoms with Crippen LogP contribution >= 0.6 is 0 Å². The van der Waals surface area contributed by atoms with Gasteiger partial charge in [0.25, 0.3) is 0 Å². The van der Waals surface area contributed by atoms with E-state index in [0.717, 1.165) is 13.2 Å². The second kappa shape index (κ2) is 45.8. The lowest BCUT2D eigenvalue weighted by Gasteiger charge is -1.86. The van der Waals surface area contributed by atoms with Crippen LogP contribution in [0.2, 0.25) is 0 Å². The first-order valence-corrected chi connectivity index (χ1v) is 1.99. The molecule has 0 saturated carbocycles. The van der Waals surface area contributed by atoms with Crippen molar-refractivity contribution in [3.05, 3.63) is 0 Å². The average molecular weight is 142 g/mol. The highest BCUT2D eigenvalue weighted by Gasteiger charge is 1.64. The molecule has 1 nitrogen and oxygen atoms in total. The van der Waals surface area contributed by atoms with E-state index in [9.17, 15) is 0 Å². The highest BCUT2D eigenvalue weighted by Crippen LogP contribution is 1.64. The first kappa shape index (κ1) is 37.0. The minimum Gasteiger partial charge on any atom is -1.00 e. The Bertz CT molecular complexity index is 23.3. The van der Waals surface area contributed by atoms with E-state index in [0.29, 0.717) is 0 Å². The maximum atomic E-state index is 4.83. The molecule has 59 valence electrons. The molecule has 0 aliphatic heterocycles. The van der Waals surface area contributed by atoms with Crippen LogP contribution in [0, 0.1) is 0 Å². The van der Waals surface area contributed by atoms with E-state index in [-0.39, 0.29) is 22.5 Å². The van der Waals surface area contributed by atoms with E-state index in [2.05, 4.69) is 0 Å². The molecule has 0 rings (SSSR count). The van der Waals surface area contributed by atoms with E-state index in [1.54, 1.807) is 0 Å². The molecule has 0 fully saturated rings. The fraction of sp³-hybridized carbons (Fsp3) is 1.00. The first-order chi connectivity index (χ1) is 2.41. The van der Waals surface area contributed by atoms with Crippen molar-refractivity contribution in [3.8, 4) is 0 Å². The van der Waals surface area contributed by atoms with Gasteiger partial charge >= 0.3 is 0 Å². The predicted molar refractivity (Wildman–Crippen MR) is 27.9 cm³/mol. The van der Waals surface area contributed by atoms with E-state index >= 15 is 0 Å². The molecule has 0 spiro atoms. The van der Waals surface area contributed by atoms with Gasteiger partial charge in [-0.05, 0) is 13.8 Å². The van der Waals surface area contributed by atoms with Crippen LogP contribution in [-0.4, -0.2) is 21.6 Å². The van der Waals surface area contributed by atoms with Gasteiger partial charge in [0.1, 0.15) is 0 Å². The lowest BCUT2D eigenvalue weighted by molar-refractivity contribution is -0.00100. The quantitative estimate of drug-likeness (QED) is 0.348. The summed E-state index contributed by atoms with van der Waals surface area (Å²) in [6.45, 7) is 5.67. The summed E-state index contributed by atoms with van der Waals surface area (Å²) in [5.74, 6) is 0. The second-order valence-corrected chi connectivity index (χ2v) is 0.781. The maximum Gasteiger partial charge on any atom is 0.0437 e. The number of halogens is 3. The van der Waals surface area contributed by atoms with Gasteiger partial charge in [0.15, 0.2) is 0 Å². The van der Waals surface area contributed by atoms with Gasteiger partial charge in [-0.1, -0.05) is 0 Å². The zero-order valence-electron chi connectivity index (χ0n) is 5.53. The first-order valence-electron chi connectivity index (χ1n) is 1.99. The van der Waals surface area contributed by atoms with Crippen molar-refractivity contribution in [1.29, 1.82) is 0 Å². The van der Waals surface area contributed by atoms with Gasteiger partial charge in [0.05, 0.1) is 0 Å². The van der Waals surface area contributed by atoms with Gasteiger partial charge in [-0.25, -0.2) is 0 Å². The Balaban J connectivity index is -0.0000000133. The lowest BCUT2D eigenvalue weighted by Crippen LogP contribution is -3.00. The van der Waals surface area contributed by atoms with Gasteiger partial charge in [-0.15, -0.1) is 0 Å². The van der Waals surface area contributed by atoms with Crippen LogP contribution in [-0.2, 0) is 4.74 Å². The summed E-state index contributed by atoms with van der Waals surface area (Å²) in [6, 6.07) is 0. The summed E-state index contributed by atoms with van der Waals surface area (Å²) in [5.41, 5.74) is 0. The van der Waals surface area contributed by atoms with Crippen molar-refractivity contribution in [1.82, 2.24) is 0 Å². The van der Waals surface area contributed by atoms with Crippen LogP contribution in [0.15, 0.2) is 0 Å². The second-order valence-electron chi connectivity index (χ2n) is 0.781. The minimum absolute atomic E-state index is 0. The van der Waals surface area contributed by atoms with Crippen molar-refractivity contribution in [2.45, 2.75) is 13.8 Å². The Morgan fingerprint density at radius 1 is 0.889 bits per heavy atom. The summed E-state index contributed by atoms with van der Waals surface area (Å²) in [5, 5.41) is 0. The molecule has 0 N–H and O–H groups in total. The molecule has 0 aromatic carbocycles. The minimum atomic E-state index is 0. The summed E-state index contributed by atoms with van der Waals surface area (Å²) in [7, 11) is 0. The molecule has 3 radical (unpaired) electrons. The Kier molecular flexibility index (Phi) is 188. The molecule has 0 heterocycles. The van der Waals surface area contributed by atoms with Crippen molar-refractivity contribution >= 4 is 8.41 Å². The number of hydrogen-bond acceptors (Lipinski definition) is 1. The van der Waals surface area contributed by atoms with Crippen LogP contribution in [0.4, 0.5) is 0 Å². The zero-order valence-corrected chi connectivity index (χ0v) is 5.53. The highest BCUT2D eigenvalue weighted by molar-refractivity contribution is 5.75. The van der Waals surface area contributed by atoms with Gasteiger partial charge in [0, 0.05) is 21.6 Å². The molecule has 0 atom stereocenters. The summed E-state index contributed by atoms with van der Waals surface area (Å²) in [6.07, 6.45) is 0. The van der Waals surface area contributed by atoms with Crippen molar-refractivity contribution in [2.24, 2.45) is 0 Å². The number of hydrogen-bond donors (Lipinski definition) is 0. The number of ether oxygens (including phenoxy) is 1. The van der Waals surface area contributed by atoms with E-state index in [1.807, 2.05) is 13.8 Å². The summed E-state index contributed by atoms with van der Waals surface area (Å²) >= 11 is 0. The molecule has 0 aromatic rings. The fourth-order valence-electron chi connectivity index (χ4n) is 0.204. The van der Waals surface area contributed by atoms with Crippen LogP contribution in [0.3, 0.4) is 0 Å². The van der Waals surface area contributed by atoms with Gasteiger partial charge in [-0.3, -0.25) is 0 Å². The Morgan fingerprint density at radius 3 is 1.11 bits per heavy atom. The molecule has 0 aliphatic rings. The third-order valence-corrected chi connectivity index (χ3v) is 0.408. The molecular formula is C4H10BF3O-3. The number of rotatable bonds is 2. The third kappa shape index (κ3) is 80.2. The van der Waals surface area contributed by atoms with Gasteiger partial charge < -0.3 is 18.9 Å². The largest absolute Gasteiger partial charge is 1.00 e. The van der Waals surface area contributed by atoms with Crippen molar-refractivity contribution < 1.29 is 18.9 Å². The molecule has 5 heteroatoms. The predicted octanol–water partition coefficient (Wildman–Crippen LogP) is -8.33. The van der Waals surface area contributed by atoms with E-state index < -0.39 is 0 Å². The molecule has 9 heavy (non-hydrogen) atoms. The molecule has 0 aliphatic carbocycles. The van der Waals surface area contributed by atoms with E-state index in [1.165, 1.54) is 0 Å². The van der Waals surface area contributed by atoms with Crippen LogP contribution in [0.1, 0.15) is 13.8 Å². The van der Waals surface area contributed by atoms with Crippen molar-refractivity contribution in [3.63, 3.8) is 0 Å². The Morgan fingerprint density at radius 2 is 1.11 bits per heavy atom. The van der Waals surface area contributed by atoms with Crippen LogP contribution < -0.4 is 14.1 Å². The molecule has 0 saturated heterocycles. The van der Waals surface area contributed by atoms with Crippen molar-refractivity contribution in [2.75, 3.05) is 13.2 Å². The van der Waals surface area contributed by atoms with Crippen LogP contribution in [0.25, 0.3) is 0 Å². The normalized spacial score (nSPS) is 4.67. The topological polar surface area (TPSA) is 9.23 Å². The molecular weight excluding hydrogens is 132 g/mol. The summed E-state index contributed by atoms with van der Waals surface area (Å²) in [4.78, 5) is 0. The highest BCUT2D eigenvalue weighted by atomic mass is 19.0. The van der Waals surface area contributed by atoms with Gasteiger partial charge in [-0.2, -0.15) is 0 Å².